The van der Waals surface area contributed by atoms with Crippen molar-refractivity contribution in [3.8, 4) is 11.3 Å². The number of nitrogens with zero attached hydrogens (tertiary/aromatic N) is 2. The van der Waals surface area contributed by atoms with Gasteiger partial charge in [0, 0.05) is 11.3 Å². The van der Waals surface area contributed by atoms with Crippen molar-refractivity contribution in [1.29, 1.82) is 0 Å². The molecule has 3 rings (SSSR count). The zero-order valence-corrected chi connectivity index (χ0v) is 13.2. The standard InChI is InChI=1S/C16H15FN2O2S/c1-8(2)13-14(15(20)21)22-16-18-12(9(3)19(13)16)10-4-6-11(17)7-5-10/h4-8H,1-3H3,(H,20,21). The van der Waals surface area contributed by atoms with Gasteiger partial charge in [0.1, 0.15) is 10.7 Å². The Morgan fingerprint density at radius 2 is 1.95 bits per heavy atom. The van der Waals surface area contributed by atoms with E-state index in [0.29, 0.717) is 9.84 Å². The Hall–Kier alpha value is -2.21. The number of aromatic carboxylic acids is 1. The molecule has 4 nitrogen and oxygen atoms in total. The molecule has 114 valence electrons. The Morgan fingerprint density at radius 3 is 2.50 bits per heavy atom. The van der Waals surface area contributed by atoms with Gasteiger partial charge in [0.2, 0.25) is 0 Å². The van der Waals surface area contributed by atoms with Gasteiger partial charge in [0.25, 0.3) is 0 Å². The fourth-order valence-electron chi connectivity index (χ4n) is 2.63. The van der Waals surface area contributed by atoms with E-state index in [4.69, 9.17) is 0 Å². The number of fused-ring (bicyclic) bond motifs is 1. The van der Waals surface area contributed by atoms with Crippen LogP contribution in [0.2, 0.25) is 0 Å². The number of hydrogen-bond acceptors (Lipinski definition) is 3. The number of hydrogen-bond donors (Lipinski definition) is 1. The number of carbonyl (C=O) groups is 1. The number of halogens is 1. The van der Waals surface area contributed by atoms with Crippen LogP contribution in [0.5, 0.6) is 0 Å². The van der Waals surface area contributed by atoms with Gasteiger partial charge in [-0.05, 0) is 37.1 Å². The van der Waals surface area contributed by atoms with E-state index in [1.807, 2.05) is 25.2 Å². The van der Waals surface area contributed by atoms with E-state index in [1.54, 1.807) is 12.1 Å². The van der Waals surface area contributed by atoms with Crippen LogP contribution in [-0.2, 0) is 0 Å². The number of carboxylic acids is 1. The first-order chi connectivity index (χ1) is 10.4. The number of benzene rings is 1. The highest BCUT2D eigenvalue weighted by Crippen LogP contribution is 2.34. The topological polar surface area (TPSA) is 54.6 Å². The van der Waals surface area contributed by atoms with E-state index in [-0.39, 0.29) is 11.7 Å². The molecule has 0 aliphatic rings. The highest BCUT2D eigenvalue weighted by molar-refractivity contribution is 7.19. The number of aryl methyl sites for hydroxylation is 1. The molecule has 22 heavy (non-hydrogen) atoms. The maximum Gasteiger partial charge on any atom is 0.347 e. The molecule has 1 aromatic carbocycles. The van der Waals surface area contributed by atoms with Gasteiger partial charge < -0.3 is 5.11 Å². The first-order valence-corrected chi connectivity index (χ1v) is 7.72. The van der Waals surface area contributed by atoms with Gasteiger partial charge in [-0.3, -0.25) is 4.40 Å². The second-order valence-corrected chi connectivity index (χ2v) is 6.42. The predicted molar refractivity (Wildman–Crippen MR) is 84.2 cm³/mol. The normalized spacial score (nSPS) is 11.5. The molecule has 0 spiro atoms. The molecule has 0 saturated carbocycles. The first kappa shape index (κ1) is 14.7. The van der Waals surface area contributed by atoms with E-state index >= 15 is 0 Å². The third-order valence-electron chi connectivity index (χ3n) is 3.60. The zero-order chi connectivity index (χ0) is 16.0. The quantitative estimate of drug-likeness (QED) is 0.782. The Labute approximate surface area is 130 Å². The lowest BCUT2D eigenvalue weighted by atomic mass is 10.1. The minimum absolute atomic E-state index is 0.0637. The van der Waals surface area contributed by atoms with Crippen LogP contribution < -0.4 is 0 Å². The highest BCUT2D eigenvalue weighted by atomic mass is 32.1. The Morgan fingerprint density at radius 1 is 1.32 bits per heavy atom. The van der Waals surface area contributed by atoms with Crippen LogP contribution in [0.1, 0.15) is 40.8 Å². The third-order valence-corrected chi connectivity index (χ3v) is 4.65. The largest absolute Gasteiger partial charge is 0.477 e. The van der Waals surface area contributed by atoms with Gasteiger partial charge in [0.15, 0.2) is 4.96 Å². The van der Waals surface area contributed by atoms with Gasteiger partial charge in [0.05, 0.1) is 11.4 Å². The molecule has 3 aromatic rings. The first-order valence-electron chi connectivity index (χ1n) is 6.91. The minimum Gasteiger partial charge on any atom is -0.477 e. The van der Waals surface area contributed by atoms with Crippen LogP contribution >= 0.6 is 11.3 Å². The molecule has 0 unspecified atom stereocenters. The van der Waals surface area contributed by atoms with E-state index in [9.17, 15) is 14.3 Å². The smallest absolute Gasteiger partial charge is 0.347 e. The lowest BCUT2D eigenvalue weighted by Crippen LogP contribution is -2.04. The van der Waals surface area contributed by atoms with Crippen molar-refractivity contribution in [1.82, 2.24) is 9.38 Å². The van der Waals surface area contributed by atoms with Crippen LogP contribution in [0.25, 0.3) is 16.2 Å². The van der Waals surface area contributed by atoms with E-state index in [2.05, 4.69) is 4.98 Å². The average Bonchev–Trinajstić information content (AvgIpc) is 2.97. The molecule has 0 saturated heterocycles. The molecule has 0 bridgehead atoms. The highest BCUT2D eigenvalue weighted by Gasteiger charge is 2.24. The number of thiazole rings is 1. The SMILES string of the molecule is Cc1c(-c2ccc(F)cc2)nc2sc(C(=O)O)c(C(C)C)n12. The van der Waals surface area contributed by atoms with Crippen LogP contribution in [0, 0.1) is 12.7 Å². The Balaban J connectivity index is 2.26. The molecule has 0 aliphatic carbocycles. The second-order valence-electron chi connectivity index (χ2n) is 5.45. The maximum atomic E-state index is 13.1. The summed E-state index contributed by atoms with van der Waals surface area (Å²) in [5.41, 5.74) is 3.20. The molecule has 1 N–H and O–H groups in total. The van der Waals surface area contributed by atoms with Crippen molar-refractivity contribution in [3.63, 3.8) is 0 Å². The molecule has 6 heteroatoms. The van der Waals surface area contributed by atoms with Crippen molar-refractivity contribution >= 4 is 22.3 Å². The van der Waals surface area contributed by atoms with Crippen molar-refractivity contribution in [2.24, 2.45) is 0 Å². The molecule has 0 fully saturated rings. The van der Waals surface area contributed by atoms with Crippen LogP contribution in [-0.4, -0.2) is 20.5 Å². The van der Waals surface area contributed by atoms with Crippen molar-refractivity contribution in [2.75, 3.05) is 0 Å². The van der Waals surface area contributed by atoms with Crippen molar-refractivity contribution in [2.45, 2.75) is 26.7 Å². The van der Waals surface area contributed by atoms with Crippen molar-refractivity contribution in [3.05, 3.63) is 46.3 Å². The second kappa shape index (κ2) is 5.21. The summed E-state index contributed by atoms with van der Waals surface area (Å²) in [7, 11) is 0. The molecule has 0 radical (unpaired) electrons. The predicted octanol–water partition coefficient (Wildman–Crippen LogP) is 4.33. The summed E-state index contributed by atoms with van der Waals surface area (Å²) in [6.45, 7) is 5.83. The lowest BCUT2D eigenvalue weighted by molar-refractivity contribution is 0.0700. The Bertz CT molecular complexity index is 863. The summed E-state index contributed by atoms with van der Waals surface area (Å²) in [5, 5.41) is 9.37. The average molecular weight is 318 g/mol. The molecule has 0 aliphatic heterocycles. The number of rotatable bonds is 3. The third kappa shape index (κ3) is 2.20. The van der Waals surface area contributed by atoms with Crippen LogP contribution in [0.3, 0.4) is 0 Å². The summed E-state index contributed by atoms with van der Waals surface area (Å²) in [6.07, 6.45) is 0. The van der Waals surface area contributed by atoms with Gasteiger partial charge >= 0.3 is 5.97 Å². The van der Waals surface area contributed by atoms with E-state index < -0.39 is 5.97 Å². The molecule has 2 aromatic heterocycles. The number of imidazole rings is 1. The molecule has 2 heterocycles. The van der Waals surface area contributed by atoms with E-state index in [0.717, 1.165) is 22.6 Å². The molecular weight excluding hydrogens is 303 g/mol. The van der Waals surface area contributed by atoms with Gasteiger partial charge in [-0.15, -0.1) is 0 Å². The Kier molecular flexibility index (Phi) is 3.48. The van der Waals surface area contributed by atoms with Gasteiger partial charge in [-0.25, -0.2) is 14.2 Å². The summed E-state index contributed by atoms with van der Waals surface area (Å²) < 4.78 is 15.0. The summed E-state index contributed by atoms with van der Waals surface area (Å²) in [5.74, 6) is -1.16. The number of aromatic nitrogens is 2. The maximum absolute atomic E-state index is 13.1. The zero-order valence-electron chi connectivity index (χ0n) is 12.4. The molecule has 0 atom stereocenters. The lowest BCUT2D eigenvalue weighted by Gasteiger charge is -2.07. The van der Waals surface area contributed by atoms with Crippen LogP contribution in [0.15, 0.2) is 24.3 Å². The number of carboxylic acid groups (broad SMARTS) is 1. The minimum atomic E-state index is -0.929. The van der Waals surface area contributed by atoms with Crippen LogP contribution in [0.4, 0.5) is 4.39 Å². The fraction of sp³-hybridized carbons (Fsp3) is 0.250. The molecule has 0 amide bonds. The van der Waals surface area contributed by atoms with E-state index in [1.165, 1.54) is 23.5 Å². The fourth-order valence-corrected chi connectivity index (χ4v) is 3.79. The van der Waals surface area contributed by atoms with Gasteiger partial charge in [-0.2, -0.15) is 0 Å². The van der Waals surface area contributed by atoms with Crippen molar-refractivity contribution < 1.29 is 14.3 Å². The summed E-state index contributed by atoms with van der Waals surface area (Å²) in [4.78, 5) is 17.0. The molecular formula is C16H15FN2O2S. The summed E-state index contributed by atoms with van der Waals surface area (Å²) in [6, 6.07) is 6.16. The summed E-state index contributed by atoms with van der Waals surface area (Å²) >= 11 is 1.17. The monoisotopic (exact) mass is 318 g/mol. The van der Waals surface area contributed by atoms with Gasteiger partial charge in [-0.1, -0.05) is 25.2 Å².